The molecule has 0 saturated heterocycles. The summed E-state index contributed by atoms with van der Waals surface area (Å²) in [6, 6.07) is 12.2. The SMILES string of the molecule is Brc1ccc(-c2ccc(-c3ccc(Br)[nH]3)[nH]2)[nH]1. The normalized spacial score (nSPS) is 10.9. The second-order valence-corrected chi connectivity index (χ2v) is 5.43. The third kappa shape index (κ3) is 2.12. The first-order valence-corrected chi connectivity index (χ1v) is 6.70. The van der Waals surface area contributed by atoms with Crippen molar-refractivity contribution in [3.05, 3.63) is 45.6 Å². The molecule has 0 fully saturated rings. The van der Waals surface area contributed by atoms with E-state index in [1.165, 1.54) is 0 Å². The van der Waals surface area contributed by atoms with Crippen LogP contribution in [0.25, 0.3) is 22.8 Å². The standard InChI is InChI=1S/C12H9Br2N3/c13-11-5-3-9(16-11)7-1-2-8(15-7)10-4-6-12(14)17-10/h1-6,15-17H. The van der Waals surface area contributed by atoms with E-state index in [1.807, 2.05) is 24.3 Å². The molecule has 0 radical (unpaired) electrons. The lowest BCUT2D eigenvalue weighted by molar-refractivity contribution is 1.28. The van der Waals surface area contributed by atoms with Gasteiger partial charge in [0, 0.05) is 0 Å². The first-order valence-electron chi connectivity index (χ1n) is 5.11. The lowest BCUT2D eigenvalue weighted by Crippen LogP contribution is -1.79. The molecule has 3 rings (SSSR count). The third-order valence-electron chi connectivity index (χ3n) is 2.57. The van der Waals surface area contributed by atoms with Crippen molar-refractivity contribution < 1.29 is 0 Å². The van der Waals surface area contributed by atoms with Gasteiger partial charge in [0.15, 0.2) is 0 Å². The number of aromatic nitrogens is 3. The molecule has 5 heteroatoms. The second-order valence-electron chi connectivity index (χ2n) is 3.73. The van der Waals surface area contributed by atoms with Crippen molar-refractivity contribution in [1.29, 1.82) is 0 Å². The summed E-state index contributed by atoms with van der Waals surface area (Å²) in [5, 5.41) is 0. The topological polar surface area (TPSA) is 47.4 Å². The van der Waals surface area contributed by atoms with Gasteiger partial charge >= 0.3 is 0 Å². The highest BCUT2D eigenvalue weighted by Crippen LogP contribution is 2.25. The summed E-state index contributed by atoms with van der Waals surface area (Å²) >= 11 is 6.81. The van der Waals surface area contributed by atoms with Crippen molar-refractivity contribution in [3.8, 4) is 22.8 Å². The molecule has 86 valence electrons. The van der Waals surface area contributed by atoms with Crippen molar-refractivity contribution >= 4 is 31.9 Å². The molecule has 17 heavy (non-hydrogen) atoms. The zero-order valence-electron chi connectivity index (χ0n) is 8.72. The van der Waals surface area contributed by atoms with Crippen molar-refractivity contribution in [2.24, 2.45) is 0 Å². The quantitative estimate of drug-likeness (QED) is 0.605. The van der Waals surface area contributed by atoms with E-state index in [9.17, 15) is 0 Å². The van der Waals surface area contributed by atoms with Crippen molar-refractivity contribution in [2.75, 3.05) is 0 Å². The van der Waals surface area contributed by atoms with Crippen LogP contribution in [0.4, 0.5) is 0 Å². The Kier molecular flexibility index (Phi) is 2.72. The lowest BCUT2D eigenvalue weighted by Gasteiger charge is -1.94. The highest BCUT2D eigenvalue weighted by molar-refractivity contribution is 9.10. The molecule has 3 aromatic rings. The molecule has 3 aromatic heterocycles. The Morgan fingerprint density at radius 2 is 0.882 bits per heavy atom. The highest BCUT2D eigenvalue weighted by atomic mass is 79.9. The van der Waals surface area contributed by atoms with Crippen LogP contribution in [0.2, 0.25) is 0 Å². The van der Waals surface area contributed by atoms with E-state index in [0.717, 1.165) is 32.0 Å². The summed E-state index contributed by atoms with van der Waals surface area (Å²) in [6.07, 6.45) is 0. The van der Waals surface area contributed by atoms with Crippen LogP contribution in [0, 0.1) is 0 Å². The molecule has 0 unspecified atom stereocenters. The lowest BCUT2D eigenvalue weighted by atomic mass is 10.3. The largest absolute Gasteiger partial charge is 0.352 e. The zero-order chi connectivity index (χ0) is 11.8. The van der Waals surface area contributed by atoms with Gasteiger partial charge in [0.25, 0.3) is 0 Å². The van der Waals surface area contributed by atoms with Crippen LogP contribution in [0.1, 0.15) is 0 Å². The van der Waals surface area contributed by atoms with Crippen molar-refractivity contribution in [3.63, 3.8) is 0 Å². The average molecular weight is 355 g/mol. The summed E-state index contributed by atoms with van der Waals surface area (Å²) in [5.41, 5.74) is 4.26. The molecule has 0 aliphatic rings. The van der Waals surface area contributed by atoms with Gasteiger partial charge in [-0.25, -0.2) is 0 Å². The third-order valence-corrected chi connectivity index (χ3v) is 3.49. The van der Waals surface area contributed by atoms with Crippen LogP contribution in [-0.2, 0) is 0 Å². The van der Waals surface area contributed by atoms with Gasteiger partial charge in [-0.15, -0.1) is 0 Å². The minimum atomic E-state index is 0.978. The van der Waals surface area contributed by atoms with E-state index in [1.54, 1.807) is 0 Å². The molecule has 3 nitrogen and oxygen atoms in total. The number of hydrogen-bond acceptors (Lipinski definition) is 0. The molecule has 0 saturated carbocycles. The fraction of sp³-hybridized carbons (Fsp3) is 0. The molecule has 3 N–H and O–H groups in total. The molecule has 3 heterocycles. The van der Waals surface area contributed by atoms with Gasteiger partial charge in [0.05, 0.1) is 32.0 Å². The van der Waals surface area contributed by atoms with Crippen LogP contribution in [0.3, 0.4) is 0 Å². The second kappa shape index (κ2) is 4.23. The van der Waals surface area contributed by atoms with Crippen LogP contribution in [-0.4, -0.2) is 15.0 Å². The van der Waals surface area contributed by atoms with Gasteiger partial charge in [-0.2, -0.15) is 0 Å². The Morgan fingerprint density at radius 1 is 0.529 bits per heavy atom. The van der Waals surface area contributed by atoms with Gasteiger partial charge in [-0.3, -0.25) is 0 Å². The molecular formula is C12H9Br2N3. The zero-order valence-corrected chi connectivity index (χ0v) is 11.9. The fourth-order valence-electron chi connectivity index (χ4n) is 1.76. The Morgan fingerprint density at radius 3 is 1.24 bits per heavy atom. The van der Waals surface area contributed by atoms with Gasteiger partial charge in [0.1, 0.15) is 0 Å². The van der Waals surface area contributed by atoms with E-state index in [4.69, 9.17) is 0 Å². The minimum Gasteiger partial charge on any atom is -0.352 e. The Balaban J connectivity index is 1.98. The maximum absolute atomic E-state index is 3.40. The Labute approximate surface area is 115 Å². The van der Waals surface area contributed by atoms with E-state index in [-0.39, 0.29) is 0 Å². The number of aromatic amines is 3. The van der Waals surface area contributed by atoms with E-state index >= 15 is 0 Å². The van der Waals surface area contributed by atoms with E-state index < -0.39 is 0 Å². The predicted molar refractivity (Wildman–Crippen MR) is 75.8 cm³/mol. The summed E-state index contributed by atoms with van der Waals surface area (Å²) in [5.74, 6) is 0. The minimum absolute atomic E-state index is 0.978. The van der Waals surface area contributed by atoms with Gasteiger partial charge in [-0.05, 0) is 68.3 Å². The molecule has 0 spiro atoms. The number of rotatable bonds is 2. The summed E-state index contributed by atoms with van der Waals surface area (Å²) in [4.78, 5) is 9.82. The summed E-state index contributed by atoms with van der Waals surface area (Å²) in [7, 11) is 0. The van der Waals surface area contributed by atoms with Gasteiger partial charge < -0.3 is 15.0 Å². The highest BCUT2D eigenvalue weighted by Gasteiger charge is 2.06. The maximum Gasteiger partial charge on any atom is 0.0825 e. The number of halogens is 2. The van der Waals surface area contributed by atoms with E-state index in [0.29, 0.717) is 0 Å². The van der Waals surface area contributed by atoms with Gasteiger partial charge in [0.2, 0.25) is 0 Å². The number of hydrogen-bond donors (Lipinski definition) is 3. The summed E-state index contributed by atoms with van der Waals surface area (Å²) < 4.78 is 1.96. The monoisotopic (exact) mass is 353 g/mol. The van der Waals surface area contributed by atoms with Crippen LogP contribution < -0.4 is 0 Å². The van der Waals surface area contributed by atoms with Crippen LogP contribution in [0.5, 0.6) is 0 Å². The molecule has 0 atom stereocenters. The average Bonchev–Trinajstić information content (AvgIpc) is 2.96. The summed E-state index contributed by atoms with van der Waals surface area (Å²) in [6.45, 7) is 0. The van der Waals surface area contributed by atoms with Crippen molar-refractivity contribution in [2.45, 2.75) is 0 Å². The predicted octanol–water partition coefficient (Wildman–Crippen LogP) is 4.53. The van der Waals surface area contributed by atoms with Crippen LogP contribution in [0.15, 0.2) is 45.6 Å². The number of H-pyrrole nitrogens is 3. The van der Waals surface area contributed by atoms with Crippen molar-refractivity contribution in [1.82, 2.24) is 15.0 Å². The first-order chi connectivity index (χ1) is 8.22. The first kappa shape index (κ1) is 10.9. The van der Waals surface area contributed by atoms with E-state index in [2.05, 4.69) is 58.9 Å². The Bertz CT molecular complexity index is 593. The maximum atomic E-state index is 3.40. The molecule has 0 aliphatic heterocycles. The van der Waals surface area contributed by atoms with Crippen LogP contribution >= 0.6 is 31.9 Å². The molecule has 0 aromatic carbocycles. The number of nitrogens with one attached hydrogen (secondary N) is 3. The molecular weight excluding hydrogens is 346 g/mol. The smallest absolute Gasteiger partial charge is 0.0825 e. The van der Waals surface area contributed by atoms with Gasteiger partial charge in [-0.1, -0.05) is 0 Å². The molecule has 0 amide bonds. The molecule has 0 aliphatic carbocycles. The Hall–Kier alpha value is -1.20. The molecule has 0 bridgehead atoms. The fourth-order valence-corrected chi connectivity index (χ4v) is 2.45.